The Bertz CT molecular complexity index is 847. The molecule has 0 aliphatic rings. The third-order valence-corrected chi connectivity index (χ3v) is 5.81. The van der Waals surface area contributed by atoms with Gasteiger partial charge in [0.15, 0.2) is 15.8 Å². The van der Waals surface area contributed by atoms with E-state index >= 15 is 0 Å². The number of guanidine groups is 1. The summed E-state index contributed by atoms with van der Waals surface area (Å²) >= 11 is 6.03. The lowest BCUT2D eigenvalue weighted by molar-refractivity contribution is 0.462. The van der Waals surface area contributed by atoms with Gasteiger partial charge in [0, 0.05) is 32.5 Å². The van der Waals surface area contributed by atoms with E-state index in [1.165, 1.54) is 0 Å². The van der Waals surface area contributed by atoms with Gasteiger partial charge in [-0.05, 0) is 25.1 Å². The lowest BCUT2D eigenvalue weighted by Crippen LogP contribution is -2.39. The molecule has 8 heteroatoms. The molecular weight excluding hydrogens is 372 g/mol. The van der Waals surface area contributed by atoms with E-state index in [1.807, 2.05) is 42.7 Å². The van der Waals surface area contributed by atoms with Gasteiger partial charge in [0.25, 0.3) is 0 Å². The zero-order valence-electron chi connectivity index (χ0n) is 15.3. The number of rotatable bonds is 7. The minimum Gasteiger partial charge on any atom is -0.357 e. The molecule has 0 atom stereocenters. The second-order valence-corrected chi connectivity index (χ2v) is 8.53. The van der Waals surface area contributed by atoms with Gasteiger partial charge in [0.1, 0.15) is 0 Å². The van der Waals surface area contributed by atoms with Crippen LogP contribution in [0.1, 0.15) is 12.6 Å². The Morgan fingerprint density at radius 3 is 2.58 bits per heavy atom. The molecule has 1 aromatic carbocycles. The van der Waals surface area contributed by atoms with Crippen molar-refractivity contribution in [3.8, 4) is 0 Å². The summed E-state index contributed by atoms with van der Waals surface area (Å²) in [5, 5.41) is 3.88. The molecule has 142 valence electrons. The van der Waals surface area contributed by atoms with Gasteiger partial charge in [-0.2, -0.15) is 0 Å². The van der Waals surface area contributed by atoms with Crippen LogP contribution in [0.25, 0.3) is 0 Å². The summed E-state index contributed by atoms with van der Waals surface area (Å²) in [6.45, 7) is 3.48. The van der Waals surface area contributed by atoms with E-state index in [4.69, 9.17) is 11.6 Å². The number of hydrogen-bond acceptors (Lipinski definition) is 3. The van der Waals surface area contributed by atoms with E-state index in [-0.39, 0.29) is 12.3 Å². The summed E-state index contributed by atoms with van der Waals surface area (Å²) in [7, 11) is 0.513. The van der Waals surface area contributed by atoms with E-state index in [0.29, 0.717) is 29.0 Å². The number of halogens is 1. The molecule has 1 aromatic heterocycles. The molecule has 0 aliphatic carbocycles. The molecule has 2 rings (SSSR count). The van der Waals surface area contributed by atoms with Crippen LogP contribution in [0, 0.1) is 0 Å². The first-order valence-corrected chi connectivity index (χ1v) is 10.4. The Hall–Kier alpha value is -1.99. The first-order chi connectivity index (χ1) is 12.3. The van der Waals surface area contributed by atoms with E-state index in [1.54, 1.807) is 30.3 Å². The Morgan fingerprint density at radius 1 is 1.31 bits per heavy atom. The fourth-order valence-corrected chi connectivity index (χ4v) is 3.94. The minimum absolute atomic E-state index is 0.0320. The number of aliphatic imine (C=N–C) groups is 1. The second kappa shape index (κ2) is 9.09. The number of benzene rings is 1. The highest BCUT2D eigenvalue weighted by Gasteiger charge is 2.14. The summed E-state index contributed by atoms with van der Waals surface area (Å²) < 4.78 is 26.7. The maximum absolute atomic E-state index is 12.4. The average Bonchev–Trinajstić information content (AvgIpc) is 2.92. The first-order valence-electron chi connectivity index (χ1n) is 8.41. The van der Waals surface area contributed by atoms with E-state index < -0.39 is 9.84 Å². The molecule has 2 aromatic rings. The lowest BCUT2D eigenvalue weighted by atomic mass is 10.4. The first kappa shape index (κ1) is 20.3. The highest BCUT2D eigenvalue weighted by Crippen LogP contribution is 2.14. The topological polar surface area (TPSA) is 66.7 Å². The van der Waals surface area contributed by atoms with Crippen molar-refractivity contribution >= 4 is 27.4 Å². The van der Waals surface area contributed by atoms with Crippen molar-refractivity contribution in [1.29, 1.82) is 0 Å². The molecule has 1 heterocycles. The Morgan fingerprint density at radius 2 is 2.00 bits per heavy atom. The van der Waals surface area contributed by atoms with Gasteiger partial charge in [-0.3, -0.25) is 4.99 Å². The van der Waals surface area contributed by atoms with Gasteiger partial charge < -0.3 is 14.8 Å². The van der Waals surface area contributed by atoms with Crippen LogP contribution in [-0.2, 0) is 23.4 Å². The zero-order chi connectivity index (χ0) is 19.2. The van der Waals surface area contributed by atoms with Crippen LogP contribution in [0.4, 0.5) is 0 Å². The van der Waals surface area contributed by atoms with Crippen molar-refractivity contribution in [2.45, 2.75) is 18.4 Å². The third kappa shape index (κ3) is 5.51. The Balaban J connectivity index is 2.05. The smallest absolute Gasteiger partial charge is 0.194 e. The highest BCUT2D eigenvalue weighted by atomic mass is 35.5. The normalized spacial score (nSPS) is 12.2. The van der Waals surface area contributed by atoms with Gasteiger partial charge in [-0.25, -0.2) is 8.42 Å². The number of aromatic nitrogens is 1. The maximum Gasteiger partial charge on any atom is 0.194 e. The van der Waals surface area contributed by atoms with Gasteiger partial charge in [0.05, 0.1) is 28.8 Å². The highest BCUT2D eigenvalue weighted by molar-refractivity contribution is 7.91. The largest absolute Gasteiger partial charge is 0.357 e. The average molecular weight is 397 g/mol. The fraction of sp³-hybridized carbons (Fsp3) is 0.389. The molecule has 0 bridgehead atoms. The molecule has 0 saturated heterocycles. The molecule has 26 heavy (non-hydrogen) atoms. The maximum atomic E-state index is 12.4. The summed E-state index contributed by atoms with van der Waals surface area (Å²) in [6.07, 6.45) is 1.85. The van der Waals surface area contributed by atoms with E-state index in [2.05, 4.69) is 10.3 Å². The quantitative estimate of drug-likeness (QED) is 0.577. The molecule has 0 saturated carbocycles. The van der Waals surface area contributed by atoms with E-state index in [9.17, 15) is 8.42 Å². The summed E-state index contributed by atoms with van der Waals surface area (Å²) in [5.74, 6) is 0.628. The van der Waals surface area contributed by atoms with Gasteiger partial charge in [0.2, 0.25) is 0 Å². The van der Waals surface area contributed by atoms with Crippen molar-refractivity contribution in [2.75, 3.05) is 25.9 Å². The fourth-order valence-electron chi connectivity index (χ4n) is 2.53. The molecule has 6 nitrogen and oxygen atoms in total. The molecule has 0 fully saturated rings. The van der Waals surface area contributed by atoms with Gasteiger partial charge >= 0.3 is 0 Å². The molecular formula is C18H25ClN4O2S. The van der Waals surface area contributed by atoms with Gasteiger partial charge in [-0.1, -0.05) is 29.8 Å². The van der Waals surface area contributed by atoms with Crippen LogP contribution in [0.3, 0.4) is 0 Å². The number of nitrogens with zero attached hydrogens (tertiary/aromatic N) is 3. The number of aryl methyl sites for hydroxylation is 1. The SMILES string of the molecule is CCNC(=NCCS(=O)(=O)c1ccccc1)N(C)Cc1cc(Cl)cn1C. The summed E-state index contributed by atoms with van der Waals surface area (Å²) in [6, 6.07) is 10.4. The predicted molar refractivity (Wildman–Crippen MR) is 106 cm³/mol. The Kier molecular flexibility index (Phi) is 7.11. The van der Waals surface area contributed by atoms with Crippen LogP contribution in [0.5, 0.6) is 0 Å². The van der Waals surface area contributed by atoms with Crippen molar-refractivity contribution < 1.29 is 8.42 Å². The summed E-state index contributed by atoms with van der Waals surface area (Å²) in [4.78, 5) is 6.74. The molecule has 0 amide bonds. The van der Waals surface area contributed by atoms with Crippen LogP contribution in [0.15, 0.2) is 52.5 Å². The lowest BCUT2D eigenvalue weighted by Gasteiger charge is -2.22. The number of sulfone groups is 1. The number of hydrogen-bond donors (Lipinski definition) is 1. The predicted octanol–water partition coefficient (Wildman–Crippen LogP) is 2.55. The summed E-state index contributed by atoms with van der Waals surface area (Å²) in [5.41, 5.74) is 1.04. The molecule has 1 N–H and O–H groups in total. The van der Waals surface area contributed by atoms with Crippen molar-refractivity contribution in [3.05, 3.63) is 53.3 Å². The minimum atomic E-state index is -3.33. The monoisotopic (exact) mass is 396 g/mol. The van der Waals surface area contributed by atoms with Crippen LogP contribution in [-0.4, -0.2) is 49.7 Å². The molecule has 0 radical (unpaired) electrons. The van der Waals surface area contributed by atoms with E-state index in [0.717, 1.165) is 5.69 Å². The third-order valence-electron chi connectivity index (χ3n) is 3.89. The van der Waals surface area contributed by atoms with Crippen molar-refractivity contribution in [1.82, 2.24) is 14.8 Å². The molecule has 0 spiro atoms. The van der Waals surface area contributed by atoms with Gasteiger partial charge in [-0.15, -0.1) is 0 Å². The molecule has 0 aliphatic heterocycles. The van der Waals surface area contributed by atoms with Crippen molar-refractivity contribution in [2.24, 2.45) is 12.0 Å². The molecule has 0 unspecified atom stereocenters. The van der Waals surface area contributed by atoms with Crippen LogP contribution < -0.4 is 5.32 Å². The second-order valence-electron chi connectivity index (χ2n) is 5.98. The number of nitrogens with one attached hydrogen (secondary N) is 1. The Labute approximate surface area is 160 Å². The zero-order valence-corrected chi connectivity index (χ0v) is 16.9. The van der Waals surface area contributed by atoms with Crippen LogP contribution in [0.2, 0.25) is 5.02 Å². The standard InChI is InChI=1S/C18H25ClN4O2S/c1-4-20-18(23(3)14-16-12-15(19)13-22(16)2)21-10-11-26(24,25)17-8-6-5-7-9-17/h5-9,12-13H,4,10-11,14H2,1-3H3,(H,20,21). The van der Waals surface area contributed by atoms with Crippen LogP contribution >= 0.6 is 11.6 Å². The van der Waals surface area contributed by atoms with Crippen molar-refractivity contribution in [3.63, 3.8) is 0 Å².